The third-order valence-corrected chi connectivity index (χ3v) is 15.6. The first-order valence-electron chi connectivity index (χ1n) is 17.8. The Morgan fingerprint density at radius 3 is 0.887 bits per heavy atom. The Morgan fingerprint density at radius 2 is 0.585 bits per heavy atom. The third kappa shape index (κ3) is 9.41. The standard InChI is InChI=1S/C48H40P2.CH3.ClH.Ru/c1-5-17-37(18-6-1)33-49(34-38-19-7-2-8-20-38)45-31-29-41-25-13-15-27-43(41)47(45)48-44-28-16-14-26-42(44)30-32-46(48)50(35-39-21-9-3-10-22-39)36-40-23-11-4-12-24-40;;;/h1-32H,33-36H2;1H3;1H;/q;-1;;+2/p+1. The molecule has 0 aliphatic heterocycles. The van der Waals surface area contributed by atoms with E-state index in [4.69, 9.17) is 0 Å². The molecule has 8 aromatic carbocycles. The predicted octanol–water partition coefficient (Wildman–Crippen LogP) is 13.3. The van der Waals surface area contributed by atoms with Gasteiger partial charge in [0, 0.05) is 27.0 Å². The molecule has 8 aromatic rings. The van der Waals surface area contributed by atoms with Crippen LogP contribution in [0.25, 0.3) is 32.7 Å². The summed E-state index contributed by atoms with van der Waals surface area (Å²) in [5.74, 6) is 0. The zero-order valence-electron chi connectivity index (χ0n) is 30.0. The maximum Gasteiger partial charge on any atom is 0.101 e. The summed E-state index contributed by atoms with van der Waals surface area (Å²) in [4.78, 5) is 0. The minimum atomic E-state index is -1.11. The van der Waals surface area contributed by atoms with Gasteiger partial charge in [0.1, 0.15) is 10.6 Å². The van der Waals surface area contributed by atoms with Crippen LogP contribution in [0.1, 0.15) is 22.3 Å². The summed E-state index contributed by atoms with van der Waals surface area (Å²) in [7, 11) is 2.35. The molecule has 0 N–H and O–H groups in total. The fourth-order valence-corrected chi connectivity index (χ4v) is 13.3. The fraction of sp³-hybridized carbons (Fsp3) is 0.0816. The molecule has 264 valence electrons. The summed E-state index contributed by atoms with van der Waals surface area (Å²) >= 11 is 1.82. The van der Waals surface area contributed by atoms with Gasteiger partial charge in [-0.25, -0.2) is 0 Å². The van der Waals surface area contributed by atoms with Crippen molar-refractivity contribution in [3.8, 4) is 11.1 Å². The van der Waals surface area contributed by atoms with Crippen molar-refractivity contribution in [3.63, 3.8) is 0 Å². The molecule has 8 rings (SSSR count). The maximum atomic E-state index is 4.57. The van der Waals surface area contributed by atoms with E-state index in [0.717, 1.165) is 24.6 Å². The molecular weight excluding hydrogens is 787 g/mol. The molecule has 0 atom stereocenters. The van der Waals surface area contributed by atoms with Crippen LogP contribution in [-0.2, 0) is 42.0 Å². The van der Waals surface area contributed by atoms with Crippen LogP contribution in [0.15, 0.2) is 194 Å². The van der Waals surface area contributed by atoms with Crippen molar-refractivity contribution < 1.29 is 17.3 Å². The molecule has 0 nitrogen and oxygen atoms in total. The second-order valence-corrected chi connectivity index (χ2v) is 18.2. The molecule has 0 heterocycles. The molecular formula is C49H45ClP2Ru+2. The van der Waals surface area contributed by atoms with E-state index in [1.54, 1.807) is 10.6 Å². The summed E-state index contributed by atoms with van der Waals surface area (Å²) in [6, 6.07) is 72.7. The molecule has 0 spiro atoms. The van der Waals surface area contributed by atoms with Crippen LogP contribution in [0.3, 0.4) is 0 Å². The smallest absolute Gasteiger partial charge is 0.0622 e. The molecule has 0 amide bonds. The summed E-state index contributed by atoms with van der Waals surface area (Å²) in [6.07, 6.45) is 4.32. The van der Waals surface area contributed by atoms with Crippen LogP contribution < -0.4 is 10.6 Å². The Labute approximate surface area is 332 Å². The van der Waals surface area contributed by atoms with Crippen molar-refractivity contribution >= 4 is 57.7 Å². The van der Waals surface area contributed by atoms with E-state index in [1.165, 1.54) is 54.9 Å². The summed E-state index contributed by atoms with van der Waals surface area (Å²) in [6.45, 7) is 0. The van der Waals surface area contributed by atoms with E-state index in [2.05, 4.69) is 204 Å². The molecule has 0 unspecified atom stereocenters. The van der Waals surface area contributed by atoms with E-state index in [0.29, 0.717) is 0 Å². The number of hydrogen-bond donors (Lipinski definition) is 0. The molecule has 0 bridgehead atoms. The van der Waals surface area contributed by atoms with Crippen molar-refractivity contribution in [2.45, 2.75) is 24.6 Å². The first kappa shape index (κ1) is 38.8. The van der Waals surface area contributed by atoms with Crippen molar-refractivity contribution in [1.29, 1.82) is 0 Å². The van der Waals surface area contributed by atoms with E-state index >= 15 is 0 Å². The molecule has 0 aliphatic carbocycles. The van der Waals surface area contributed by atoms with Gasteiger partial charge in [0.15, 0.2) is 0 Å². The molecule has 4 heteroatoms. The normalized spacial score (nSPS) is 10.9. The Kier molecular flexibility index (Phi) is 14.2. The Bertz CT molecular complexity index is 2080. The van der Waals surface area contributed by atoms with Crippen LogP contribution >= 0.6 is 25.5 Å². The van der Waals surface area contributed by atoms with Gasteiger partial charge in [-0.3, -0.25) is 0 Å². The molecule has 0 fully saturated rings. The average molecular weight is 832 g/mol. The molecule has 0 aliphatic rings. The van der Waals surface area contributed by atoms with Gasteiger partial charge in [-0.1, -0.05) is 182 Å². The first-order chi connectivity index (χ1) is 25.8. The van der Waals surface area contributed by atoms with Crippen LogP contribution in [0.5, 0.6) is 0 Å². The fourth-order valence-electron chi connectivity index (χ4n) is 7.55. The Morgan fingerprint density at radius 1 is 0.321 bits per heavy atom. The molecule has 0 saturated carbocycles. The largest absolute Gasteiger partial charge is 0.101 e. The van der Waals surface area contributed by atoms with Gasteiger partial charge in [0.05, 0.1) is 24.6 Å². The minimum absolute atomic E-state index is 0. The number of rotatable bonds is 11. The third-order valence-electron chi connectivity index (χ3n) is 9.91. The predicted molar refractivity (Wildman–Crippen MR) is 236 cm³/mol. The van der Waals surface area contributed by atoms with E-state index in [1.807, 2.05) is 17.3 Å². The van der Waals surface area contributed by atoms with Crippen LogP contribution in [0.4, 0.5) is 0 Å². The van der Waals surface area contributed by atoms with Gasteiger partial charge in [-0.15, -0.1) is 0 Å². The number of halogens is 1. The van der Waals surface area contributed by atoms with Gasteiger partial charge in [-0.05, 0) is 55.9 Å². The van der Waals surface area contributed by atoms with Crippen LogP contribution in [-0.4, -0.2) is 0 Å². The molecule has 53 heavy (non-hydrogen) atoms. The Hall–Kier alpha value is -3.95. The van der Waals surface area contributed by atoms with Crippen LogP contribution in [0, 0.1) is 7.43 Å². The van der Waals surface area contributed by atoms with E-state index in [-0.39, 0.29) is 7.43 Å². The van der Waals surface area contributed by atoms with Gasteiger partial charge in [0.25, 0.3) is 0 Å². The van der Waals surface area contributed by atoms with Gasteiger partial charge in [0.2, 0.25) is 0 Å². The van der Waals surface area contributed by atoms with Crippen molar-refractivity contribution in [3.05, 3.63) is 224 Å². The molecule has 0 aromatic heterocycles. The summed E-state index contributed by atoms with van der Waals surface area (Å²) in [5.41, 5.74) is 8.61. The second-order valence-electron chi connectivity index (χ2n) is 13.3. The topological polar surface area (TPSA) is 0 Å². The zero-order valence-corrected chi connectivity index (χ0v) is 34.5. The minimum Gasteiger partial charge on any atom is -0.0622 e. The maximum absolute atomic E-state index is 4.57. The Balaban J connectivity index is 0.00000158. The van der Waals surface area contributed by atoms with E-state index in [9.17, 15) is 0 Å². The zero-order chi connectivity index (χ0) is 35.5. The summed E-state index contributed by atoms with van der Waals surface area (Å²) in [5, 5.41) is 8.44. The summed E-state index contributed by atoms with van der Waals surface area (Å²) < 4.78 is 0. The van der Waals surface area contributed by atoms with Gasteiger partial charge < -0.3 is 7.43 Å². The van der Waals surface area contributed by atoms with Gasteiger partial charge >= 0.3 is 27.0 Å². The first-order valence-corrected chi connectivity index (χ1v) is 23.9. The van der Waals surface area contributed by atoms with Crippen molar-refractivity contribution in [2.24, 2.45) is 0 Å². The number of hydrogen-bond acceptors (Lipinski definition) is 0. The quantitative estimate of drug-likeness (QED) is 0.0692. The average Bonchev–Trinajstić information content (AvgIpc) is 3.22. The van der Waals surface area contributed by atoms with Crippen LogP contribution in [0.2, 0.25) is 0 Å². The van der Waals surface area contributed by atoms with Gasteiger partial charge in [-0.2, -0.15) is 0 Å². The molecule has 0 saturated heterocycles. The number of benzene rings is 8. The second kappa shape index (κ2) is 19.4. The molecule has 0 radical (unpaired) electrons. The van der Waals surface area contributed by atoms with Crippen molar-refractivity contribution in [1.82, 2.24) is 0 Å². The van der Waals surface area contributed by atoms with Crippen molar-refractivity contribution in [2.75, 3.05) is 0 Å². The number of fused-ring (bicyclic) bond motifs is 2. The monoisotopic (exact) mass is 832 g/mol. The SMILES string of the molecule is [CH3-].[Cl][Ru+].c1ccc(C[PH+](Cc2ccccc2)c2ccc3ccccc3c2-c2c([PH+](Cc3ccccc3)Cc3ccccc3)ccc3ccccc23)cc1. The van der Waals surface area contributed by atoms with E-state index < -0.39 is 15.8 Å².